The Labute approximate surface area is 165 Å². The average molecular weight is 371 g/mol. The van der Waals surface area contributed by atoms with Gasteiger partial charge >= 0.3 is 0 Å². The van der Waals surface area contributed by atoms with E-state index in [9.17, 15) is 4.79 Å². The van der Waals surface area contributed by atoms with Gasteiger partial charge in [-0.05, 0) is 59.0 Å². The lowest BCUT2D eigenvalue weighted by Crippen LogP contribution is -2.28. The summed E-state index contributed by atoms with van der Waals surface area (Å²) in [6.45, 7) is 3.77. The number of unbranched alkanes of at least 4 members (excludes halogenated alkanes) is 1. The Balaban J connectivity index is 1.20. The van der Waals surface area contributed by atoms with E-state index in [-0.39, 0.29) is 5.91 Å². The molecule has 1 aliphatic rings. The molecule has 142 valence electrons. The van der Waals surface area contributed by atoms with E-state index in [4.69, 9.17) is 0 Å². The normalized spacial score (nSPS) is 13.9. The van der Waals surface area contributed by atoms with Crippen molar-refractivity contribution in [1.82, 2.24) is 15.2 Å². The maximum absolute atomic E-state index is 11.9. The minimum Gasteiger partial charge on any atom is -0.353 e. The van der Waals surface area contributed by atoms with Crippen LogP contribution in [0.4, 0.5) is 0 Å². The van der Waals surface area contributed by atoms with Crippen molar-refractivity contribution in [3.8, 4) is 0 Å². The molecule has 1 aromatic heterocycles. The van der Waals surface area contributed by atoms with Crippen LogP contribution in [0.3, 0.4) is 0 Å². The van der Waals surface area contributed by atoms with E-state index in [1.807, 2.05) is 12.1 Å². The quantitative estimate of drug-likeness (QED) is 0.501. The number of aromatic nitrogens is 1. The lowest BCUT2D eigenvalue weighted by molar-refractivity contribution is -0.116. The lowest BCUT2D eigenvalue weighted by atomic mass is 9.95. The van der Waals surface area contributed by atoms with Crippen LogP contribution in [-0.4, -0.2) is 28.9 Å². The summed E-state index contributed by atoms with van der Waals surface area (Å²) in [5.74, 6) is -0.0533. The monoisotopic (exact) mass is 371 g/mol. The molecule has 0 fully saturated rings. The summed E-state index contributed by atoms with van der Waals surface area (Å²) >= 11 is 0. The molecule has 0 spiro atoms. The van der Waals surface area contributed by atoms with Gasteiger partial charge in [0.15, 0.2) is 0 Å². The maximum Gasteiger partial charge on any atom is 0.243 e. The van der Waals surface area contributed by atoms with Gasteiger partial charge < -0.3 is 5.32 Å². The zero-order valence-electron chi connectivity index (χ0n) is 16.0. The van der Waals surface area contributed by atoms with Gasteiger partial charge in [0, 0.05) is 38.1 Å². The van der Waals surface area contributed by atoms with Crippen LogP contribution >= 0.6 is 0 Å². The Morgan fingerprint density at radius 2 is 1.82 bits per heavy atom. The highest BCUT2D eigenvalue weighted by atomic mass is 16.1. The molecule has 4 rings (SSSR count). The zero-order chi connectivity index (χ0) is 19.2. The van der Waals surface area contributed by atoms with E-state index in [1.54, 1.807) is 24.5 Å². The highest BCUT2D eigenvalue weighted by Crippen LogP contribution is 2.29. The number of pyridine rings is 1. The molecule has 0 saturated carbocycles. The Hall–Kier alpha value is -2.98. The SMILES string of the molecule is O=C(C=Cc1cccnc1)NCCCCN1Cc2cccc3cccc(c23)C1. The van der Waals surface area contributed by atoms with Gasteiger partial charge in [0.1, 0.15) is 0 Å². The summed E-state index contributed by atoms with van der Waals surface area (Å²) in [6, 6.07) is 17.0. The van der Waals surface area contributed by atoms with Crippen LogP contribution in [0.1, 0.15) is 29.5 Å². The van der Waals surface area contributed by atoms with E-state index in [2.05, 4.69) is 51.6 Å². The van der Waals surface area contributed by atoms with Gasteiger partial charge in [0.05, 0.1) is 0 Å². The van der Waals surface area contributed by atoms with Gasteiger partial charge in [-0.1, -0.05) is 42.5 Å². The molecule has 1 N–H and O–H groups in total. The summed E-state index contributed by atoms with van der Waals surface area (Å²) in [7, 11) is 0. The highest BCUT2D eigenvalue weighted by molar-refractivity contribution is 5.91. The molecular weight excluding hydrogens is 346 g/mol. The highest BCUT2D eigenvalue weighted by Gasteiger charge is 2.17. The second kappa shape index (κ2) is 8.81. The number of rotatable bonds is 7. The van der Waals surface area contributed by atoms with Crippen molar-refractivity contribution >= 4 is 22.8 Å². The zero-order valence-corrected chi connectivity index (χ0v) is 16.0. The van der Waals surface area contributed by atoms with Crippen LogP contribution < -0.4 is 5.32 Å². The Morgan fingerprint density at radius 1 is 1.04 bits per heavy atom. The molecule has 0 unspecified atom stereocenters. The molecule has 28 heavy (non-hydrogen) atoms. The molecule has 4 nitrogen and oxygen atoms in total. The third-order valence-electron chi connectivity index (χ3n) is 5.18. The van der Waals surface area contributed by atoms with Gasteiger partial charge in [-0.15, -0.1) is 0 Å². The number of nitrogens with zero attached hydrogens (tertiary/aromatic N) is 2. The summed E-state index contributed by atoms with van der Waals surface area (Å²) < 4.78 is 0. The molecule has 1 amide bonds. The van der Waals surface area contributed by atoms with Gasteiger partial charge in [-0.25, -0.2) is 0 Å². The molecule has 3 aromatic rings. The maximum atomic E-state index is 11.9. The first-order chi connectivity index (χ1) is 13.8. The topological polar surface area (TPSA) is 45.2 Å². The first-order valence-electron chi connectivity index (χ1n) is 9.87. The molecule has 0 atom stereocenters. The second-order valence-electron chi connectivity index (χ2n) is 7.26. The number of hydrogen-bond acceptors (Lipinski definition) is 3. The molecule has 0 saturated heterocycles. The van der Waals surface area contributed by atoms with Crippen molar-refractivity contribution in [2.75, 3.05) is 13.1 Å². The van der Waals surface area contributed by atoms with Crippen molar-refractivity contribution in [3.05, 3.63) is 83.7 Å². The average Bonchev–Trinajstić information content (AvgIpc) is 2.73. The molecular formula is C24H25N3O. The van der Waals surface area contributed by atoms with Crippen molar-refractivity contribution in [3.63, 3.8) is 0 Å². The molecule has 0 aliphatic carbocycles. The van der Waals surface area contributed by atoms with Crippen molar-refractivity contribution in [1.29, 1.82) is 0 Å². The van der Waals surface area contributed by atoms with Gasteiger partial charge in [0.2, 0.25) is 5.91 Å². The Bertz CT molecular complexity index is 941. The largest absolute Gasteiger partial charge is 0.353 e. The fourth-order valence-electron chi connectivity index (χ4n) is 3.84. The fraction of sp³-hybridized carbons (Fsp3) is 0.250. The van der Waals surface area contributed by atoms with E-state index < -0.39 is 0 Å². The van der Waals surface area contributed by atoms with Crippen LogP contribution in [0.2, 0.25) is 0 Å². The van der Waals surface area contributed by atoms with E-state index in [0.29, 0.717) is 6.54 Å². The van der Waals surface area contributed by atoms with E-state index in [0.717, 1.165) is 38.0 Å². The minimum absolute atomic E-state index is 0.0533. The number of benzene rings is 2. The Morgan fingerprint density at radius 3 is 2.54 bits per heavy atom. The van der Waals surface area contributed by atoms with Crippen LogP contribution in [0.5, 0.6) is 0 Å². The number of carbonyl (C=O) groups excluding carboxylic acids is 1. The predicted octanol–water partition coefficient (Wildman–Crippen LogP) is 4.16. The van der Waals surface area contributed by atoms with E-state index in [1.165, 1.54) is 21.9 Å². The fourth-order valence-corrected chi connectivity index (χ4v) is 3.84. The molecule has 4 heteroatoms. The van der Waals surface area contributed by atoms with Crippen molar-refractivity contribution in [2.45, 2.75) is 25.9 Å². The lowest BCUT2D eigenvalue weighted by Gasteiger charge is -2.29. The van der Waals surface area contributed by atoms with Crippen molar-refractivity contribution < 1.29 is 4.79 Å². The number of nitrogens with one attached hydrogen (secondary N) is 1. The van der Waals surface area contributed by atoms with Crippen LogP contribution in [0.15, 0.2) is 67.0 Å². The van der Waals surface area contributed by atoms with Gasteiger partial charge in [-0.3, -0.25) is 14.7 Å². The Kier molecular flexibility index (Phi) is 5.78. The molecule has 0 bridgehead atoms. The standard InChI is InChI=1S/C24H25N3O/c28-23(12-11-19-6-5-13-25-16-19)26-14-1-2-15-27-17-21-9-3-7-20-8-4-10-22(18-27)24(20)21/h3-13,16H,1-2,14-15,17-18H2,(H,26,28). The molecule has 0 radical (unpaired) electrons. The minimum atomic E-state index is -0.0533. The van der Waals surface area contributed by atoms with E-state index >= 15 is 0 Å². The number of carbonyl (C=O) groups is 1. The third kappa shape index (κ3) is 4.46. The third-order valence-corrected chi connectivity index (χ3v) is 5.18. The summed E-state index contributed by atoms with van der Waals surface area (Å²) in [6.07, 6.45) is 8.87. The first kappa shape index (κ1) is 18.4. The smallest absolute Gasteiger partial charge is 0.243 e. The predicted molar refractivity (Wildman–Crippen MR) is 114 cm³/mol. The van der Waals surface area contributed by atoms with Crippen LogP contribution in [-0.2, 0) is 17.9 Å². The van der Waals surface area contributed by atoms with Gasteiger partial charge in [0.25, 0.3) is 0 Å². The van der Waals surface area contributed by atoms with Crippen molar-refractivity contribution in [2.24, 2.45) is 0 Å². The summed E-state index contributed by atoms with van der Waals surface area (Å²) in [5.41, 5.74) is 3.78. The molecule has 2 aromatic carbocycles. The molecule has 2 heterocycles. The second-order valence-corrected chi connectivity index (χ2v) is 7.26. The summed E-state index contributed by atoms with van der Waals surface area (Å²) in [4.78, 5) is 18.4. The summed E-state index contributed by atoms with van der Waals surface area (Å²) in [5, 5.41) is 5.74. The molecule has 1 aliphatic heterocycles. The van der Waals surface area contributed by atoms with Crippen LogP contribution in [0, 0.1) is 0 Å². The number of hydrogen-bond donors (Lipinski definition) is 1. The number of amides is 1. The van der Waals surface area contributed by atoms with Crippen LogP contribution in [0.25, 0.3) is 16.8 Å². The first-order valence-corrected chi connectivity index (χ1v) is 9.87. The van der Waals surface area contributed by atoms with Gasteiger partial charge in [-0.2, -0.15) is 0 Å².